The van der Waals surface area contributed by atoms with Gasteiger partial charge in [0.15, 0.2) is 0 Å². The zero-order valence-corrected chi connectivity index (χ0v) is 9.98. The van der Waals surface area contributed by atoms with E-state index in [1.165, 1.54) is 0 Å². The number of hydrogen-bond acceptors (Lipinski definition) is 2. The summed E-state index contributed by atoms with van der Waals surface area (Å²) in [4.78, 5) is 16.2. The average molecular weight is 215 g/mol. The lowest BCUT2D eigenvalue weighted by Crippen LogP contribution is -2.25. The minimum Gasteiger partial charge on any atom is -0.354 e. The second kappa shape index (κ2) is 3.24. The lowest BCUT2D eigenvalue weighted by atomic mass is 10.1. The van der Waals surface area contributed by atoms with Gasteiger partial charge in [-0.2, -0.15) is 0 Å². The van der Waals surface area contributed by atoms with E-state index in [0.29, 0.717) is 16.9 Å². The maximum absolute atomic E-state index is 11.9. The standard InChI is InChI=1S/C11H14BN3O/c1-7-13-9-8(10(16)15(7)12)5-6-14(9)11(2,3)4/h5-6H,1-4H3. The van der Waals surface area contributed by atoms with Crippen molar-refractivity contribution in [3.8, 4) is 0 Å². The summed E-state index contributed by atoms with van der Waals surface area (Å²) in [6.07, 6.45) is 1.87. The Labute approximate surface area is 95.3 Å². The molecule has 2 radical (unpaired) electrons. The normalized spacial score (nSPS) is 12.2. The summed E-state index contributed by atoms with van der Waals surface area (Å²) >= 11 is 0. The Kier molecular flexibility index (Phi) is 2.22. The molecule has 2 aromatic heterocycles. The largest absolute Gasteiger partial charge is 0.354 e. The maximum atomic E-state index is 11.9. The lowest BCUT2D eigenvalue weighted by Gasteiger charge is -2.22. The van der Waals surface area contributed by atoms with Crippen LogP contribution in [0.25, 0.3) is 11.0 Å². The molecule has 2 aromatic rings. The van der Waals surface area contributed by atoms with Gasteiger partial charge in [-0.25, -0.2) is 4.98 Å². The van der Waals surface area contributed by atoms with Gasteiger partial charge in [0.2, 0.25) is 13.5 Å². The third-order valence-corrected chi connectivity index (χ3v) is 2.65. The van der Waals surface area contributed by atoms with Crippen LogP contribution in [0.2, 0.25) is 0 Å². The SMILES string of the molecule is [B]n1c(C)nc2c(ccn2C(C)(C)C)c1=O. The van der Waals surface area contributed by atoms with Gasteiger partial charge in [-0.15, -0.1) is 0 Å². The van der Waals surface area contributed by atoms with Crippen LogP contribution in [0.5, 0.6) is 0 Å². The van der Waals surface area contributed by atoms with Gasteiger partial charge in [0, 0.05) is 11.7 Å². The van der Waals surface area contributed by atoms with E-state index < -0.39 is 0 Å². The second-order valence-electron chi connectivity index (χ2n) is 4.93. The molecule has 2 rings (SSSR count). The van der Waals surface area contributed by atoms with Gasteiger partial charge in [0.1, 0.15) is 5.65 Å². The predicted molar refractivity (Wildman–Crippen MR) is 64.9 cm³/mol. The first-order valence-corrected chi connectivity index (χ1v) is 5.18. The van der Waals surface area contributed by atoms with Crippen molar-refractivity contribution in [3.63, 3.8) is 0 Å². The second-order valence-corrected chi connectivity index (χ2v) is 4.93. The number of hydrogen-bond donors (Lipinski definition) is 0. The minimum absolute atomic E-state index is 0.103. The van der Waals surface area contributed by atoms with Crippen LogP contribution in [0.3, 0.4) is 0 Å². The molecule has 0 spiro atoms. The first-order valence-electron chi connectivity index (χ1n) is 5.18. The highest BCUT2D eigenvalue weighted by atomic mass is 16.1. The van der Waals surface area contributed by atoms with Crippen molar-refractivity contribution in [2.75, 3.05) is 0 Å². The topological polar surface area (TPSA) is 39.8 Å². The van der Waals surface area contributed by atoms with Crippen molar-refractivity contribution in [1.29, 1.82) is 0 Å². The van der Waals surface area contributed by atoms with Crippen molar-refractivity contribution in [3.05, 3.63) is 28.4 Å². The molecule has 2 heterocycles. The first-order chi connectivity index (χ1) is 7.32. The Balaban J connectivity index is 2.90. The van der Waals surface area contributed by atoms with Gasteiger partial charge in [-0.05, 0) is 33.8 Å². The molecule has 0 aliphatic carbocycles. The summed E-state index contributed by atoms with van der Waals surface area (Å²) in [5.41, 5.74) is 0.385. The zero-order chi connectivity index (χ0) is 12.1. The maximum Gasteiger partial charge on any atom is 0.249 e. The third-order valence-electron chi connectivity index (χ3n) is 2.65. The van der Waals surface area contributed by atoms with E-state index >= 15 is 0 Å². The molecule has 0 fully saturated rings. The molecule has 82 valence electrons. The fourth-order valence-electron chi connectivity index (χ4n) is 1.73. The summed E-state index contributed by atoms with van der Waals surface area (Å²) in [6, 6.07) is 1.76. The number of aromatic nitrogens is 3. The Morgan fingerprint density at radius 1 is 1.38 bits per heavy atom. The molecule has 0 amide bonds. The predicted octanol–water partition coefficient (Wildman–Crippen LogP) is 1.19. The molecule has 5 heteroatoms. The molecule has 0 aliphatic heterocycles. The minimum atomic E-state index is -0.203. The van der Waals surface area contributed by atoms with Gasteiger partial charge in [0.05, 0.1) is 11.2 Å². The Hall–Kier alpha value is -1.52. The van der Waals surface area contributed by atoms with E-state index in [4.69, 9.17) is 7.98 Å². The van der Waals surface area contributed by atoms with E-state index in [9.17, 15) is 4.79 Å². The molecule has 0 aromatic carbocycles. The van der Waals surface area contributed by atoms with Gasteiger partial charge in [-0.1, -0.05) is 0 Å². The van der Waals surface area contributed by atoms with Gasteiger partial charge >= 0.3 is 0 Å². The number of rotatable bonds is 0. The van der Waals surface area contributed by atoms with Crippen LogP contribution in [0.15, 0.2) is 17.1 Å². The fraction of sp³-hybridized carbons (Fsp3) is 0.455. The van der Waals surface area contributed by atoms with Crippen LogP contribution < -0.4 is 5.56 Å². The smallest absolute Gasteiger partial charge is 0.249 e. The van der Waals surface area contributed by atoms with Gasteiger partial charge < -0.3 is 9.05 Å². The Morgan fingerprint density at radius 3 is 2.56 bits per heavy atom. The van der Waals surface area contributed by atoms with Crippen LogP contribution in [-0.2, 0) is 5.54 Å². The highest BCUT2D eigenvalue weighted by molar-refractivity contribution is 6.07. The van der Waals surface area contributed by atoms with Crippen molar-refractivity contribution in [2.24, 2.45) is 0 Å². The highest BCUT2D eigenvalue weighted by Crippen LogP contribution is 2.20. The molecular formula is C11H14BN3O. The summed E-state index contributed by atoms with van der Waals surface area (Å²) < 4.78 is 3.06. The summed E-state index contributed by atoms with van der Waals surface area (Å²) in [7, 11) is 5.60. The van der Waals surface area contributed by atoms with Gasteiger partial charge in [0.25, 0.3) is 0 Å². The Morgan fingerprint density at radius 2 is 2.00 bits per heavy atom. The monoisotopic (exact) mass is 215 g/mol. The van der Waals surface area contributed by atoms with E-state index in [0.717, 1.165) is 4.48 Å². The molecule has 0 saturated carbocycles. The zero-order valence-electron chi connectivity index (χ0n) is 9.98. The van der Waals surface area contributed by atoms with Gasteiger partial charge in [-0.3, -0.25) is 4.79 Å². The number of nitrogens with zero attached hydrogens (tertiary/aromatic N) is 3. The molecule has 0 unspecified atom stereocenters. The molecule has 16 heavy (non-hydrogen) atoms. The van der Waals surface area contributed by atoms with Crippen LogP contribution in [0.4, 0.5) is 0 Å². The molecule has 0 bridgehead atoms. The van der Waals surface area contributed by atoms with Crippen LogP contribution in [-0.4, -0.2) is 22.0 Å². The van der Waals surface area contributed by atoms with Crippen LogP contribution >= 0.6 is 0 Å². The number of fused-ring (bicyclic) bond motifs is 1. The molecule has 0 N–H and O–H groups in total. The van der Waals surface area contributed by atoms with E-state index in [1.54, 1.807) is 13.0 Å². The molecule has 0 saturated heterocycles. The molecule has 0 atom stereocenters. The fourth-order valence-corrected chi connectivity index (χ4v) is 1.73. The van der Waals surface area contributed by atoms with Crippen molar-refractivity contribution < 1.29 is 0 Å². The van der Waals surface area contributed by atoms with Crippen molar-refractivity contribution >= 4 is 19.0 Å². The van der Waals surface area contributed by atoms with E-state index in [2.05, 4.69) is 25.8 Å². The van der Waals surface area contributed by atoms with E-state index in [-0.39, 0.29) is 11.1 Å². The van der Waals surface area contributed by atoms with Crippen LogP contribution in [0.1, 0.15) is 26.6 Å². The van der Waals surface area contributed by atoms with Crippen molar-refractivity contribution in [1.82, 2.24) is 14.0 Å². The molecular weight excluding hydrogens is 201 g/mol. The quantitative estimate of drug-likeness (QED) is 0.619. The summed E-state index contributed by atoms with van der Waals surface area (Å²) in [6.45, 7) is 7.92. The first kappa shape index (κ1) is 11.0. The van der Waals surface area contributed by atoms with Crippen molar-refractivity contribution in [2.45, 2.75) is 33.2 Å². The third kappa shape index (κ3) is 1.47. The van der Waals surface area contributed by atoms with Crippen LogP contribution in [0, 0.1) is 6.92 Å². The molecule has 4 nitrogen and oxygen atoms in total. The average Bonchev–Trinajstić information content (AvgIpc) is 2.57. The number of aryl methyl sites for hydroxylation is 1. The van der Waals surface area contributed by atoms with E-state index in [1.807, 2.05) is 10.8 Å². The molecule has 0 aliphatic rings. The lowest BCUT2D eigenvalue weighted by molar-refractivity contribution is 0.408. The highest BCUT2D eigenvalue weighted by Gasteiger charge is 2.18. The summed E-state index contributed by atoms with van der Waals surface area (Å²) in [5, 5.41) is 0.558. The summed E-state index contributed by atoms with van der Waals surface area (Å²) in [5.74, 6) is 0.515. The Bertz CT molecular complexity index is 604.